The van der Waals surface area contributed by atoms with Gasteiger partial charge in [0.1, 0.15) is 6.10 Å². The van der Waals surface area contributed by atoms with Crippen LogP contribution in [-0.4, -0.2) is 24.9 Å². The van der Waals surface area contributed by atoms with Crippen LogP contribution in [0.3, 0.4) is 0 Å². The van der Waals surface area contributed by atoms with E-state index in [1.54, 1.807) is 12.1 Å². The van der Waals surface area contributed by atoms with Crippen LogP contribution in [0, 0.1) is 11.7 Å². The van der Waals surface area contributed by atoms with E-state index < -0.39 is 12.1 Å². The van der Waals surface area contributed by atoms with Crippen LogP contribution < -0.4 is 4.74 Å². The maximum absolute atomic E-state index is 14.7. The molecule has 1 atom stereocenters. The number of hydrogen-bond acceptors (Lipinski definition) is 3. The third kappa shape index (κ3) is 11.2. The normalized spacial score (nSPS) is 17.9. The summed E-state index contributed by atoms with van der Waals surface area (Å²) in [5, 5.41) is 0. The SMILES string of the molecule is CCCCCCCCCOc1ccc(-c2ccc(CCC3CCC(OC(=O)[C@@H](F)CCCC)CC3)cc2)cc1F. The molecule has 0 heterocycles. The first-order valence-corrected chi connectivity index (χ1v) is 15.9. The van der Waals surface area contributed by atoms with Gasteiger partial charge in [0, 0.05) is 0 Å². The highest BCUT2D eigenvalue weighted by Gasteiger charge is 2.27. The number of esters is 1. The lowest BCUT2D eigenvalue weighted by Gasteiger charge is -2.28. The molecule has 2 aromatic rings. The van der Waals surface area contributed by atoms with E-state index in [2.05, 4.69) is 31.2 Å². The van der Waals surface area contributed by atoms with Crippen molar-refractivity contribution < 1.29 is 23.0 Å². The Hall–Kier alpha value is -2.43. The van der Waals surface area contributed by atoms with Crippen LogP contribution in [0.5, 0.6) is 5.75 Å². The first-order chi connectivity index (χ1) is 19.5. The molecule has 2 aromatic carbocycles. The Labute approximate surface area is 241 Å². The van der Waals surface area contributed by atoms with Crippen LogP contribution in [0.2, 0.25) is 0 Å². The number of carbonyl (C=O) groups excluding carboxylic acids is 1. The van der Waals surface area contributed by atoms with E-state index in [-0.39, 0.29) is 18.3 Å². The molecular formula is C35H50F2O3. The summed E-state index contributed by atoms with van der Waals surface area (Å²) in [4.78, 5) is 11.9. The summed E-state index contributed by atoms with van der Waals surface area (Å²) < 4.78 is 39.7. The van der Waals surface area contributed by atoms with Crippen LogP contribution in [0.25, 0.3) is 11.1 Å². The summed E-state index contributed by atoms with van der Waals surface area (Å²) >= 11 is 0. The molecule has 0 radical (unpaired) electrons. The van der Waals surface area contributed by atoms with E-state index in [0.717, 1.165) is 68.9 Å². The van der Waals surface area contributed by atoms with Crippen molar-refractivity contribution >= 4 is 5.97 Å². The fourth-order valence-corrected chi connectivity index (χ4v) is 5.55. The molecular weight excluding hydrogens is 506 g/mol. The second-order valence-corrected chi connectivity index (χ2v) is 11.5. The molecule has 1 aliphatic carbocycles. The molecule has 0 saturated heterocycles. The Morgan fingerprint density at radius 3 is 2.17 bits per heavy atom. The summed E-state index contributed by atoms with van der Waals surface area (Å²) in [6.45, 7) is 4.77. The van der Waals surface area contributed by atoms with Crippen molar-refractivity contribution in [3.63, 3.8) is 0 Å². The largest absolute Gasteiger partial charge is 0.491 e. The van der Waals surface area contributed by atoms with E-state index in [1.165, 1.54) is 37.7 Å². The Balaban J connectivity index is 1.36. The molecule has 0 aliphatic heterocycles. The van der Waals surface area contributed by atoms with Crippen molar-refractivity contribution in [3.8, 4) is 16.9 Å². The minimum absolute atomic E-state index is 0.139. The van der Waals surface area contributed by atoms with Crippen molar-refractivity contribution in [2.45, 2.75) is 129 Å². The lowest BCUT2D eigenvalue weighted by molar-refractivity contribution is -0.157. The molecule has 0 bridgehead atoms. The van der Waals surface area contributed by atoms with Gasteiger partial charge in [-0.15, -0.1) is 0 Å². The fraction of sp³-hybridized carbons (Fsp3) is 0.629. The number of carbonyl (C=O) groups is 1. The molecule has 0 unspecified atom stereocenters. The van der Waals surface area contributed by atoms with Crippen LogP contribution in [-0.2, 0) is 16.0 Å². The minimum Gasteiger partial charge on any atom is -0.491 e. The smallest absolute Gasteiger partial charge is 0.340 e. The van der Waals surface area contributed by atoms with Gasteiger partial charge in [0.15, 0.2) is 17.7 Å². The third-order valence-electron chi connectivity index (χ3n) is 8.21. The standard InChI is InChI=1S/C35H50F2O3/c1-3-5-7-8-9-10-11-25-39-34-24-21-30(26-33(34)37)29-19-15-27(16-20-29)13-14-28-17-22-31(23-18-28)40-35(38)32(36)12-6-4-2/h15-16,19-21,24,26,28,31-32H,3-14,17-18,22-23,25H2,1-2H3/t28?,31?,32-/m0/s1. The zero-order valence-electron chi connectivity index (χ0n) is 24.8. The van der Waals surface area contributed by atoms with Gasteiger partial charge in [-0.05, 0) is 86.1 Å². The van der Waals surface area contributed by atoms with E-state index in [9.17, 15) is 13.6 Å². The van der Waals surface area contributed by atoms with Crippen molar-refractivity contribution in [1.29, 1.82) is 0 Å². The van der Waals surface area contributed by atoms with Crippen LogP contribution in [0.4, 0.5) is 8.78 Å². The molecule has 222 valence electrons. The molecule has 40 heavy (non-hydrogen) atoms. The van der Waals surface area contributed by atoms with E-state index in [0.29, 0.717) is 24.7 Å². The van der Waals surface area contributed by atoms with Gasteiger partial charge in [0.05, 0.1) is 6.61 Å². The number of rotatable bonds is 18. The molecule has 3 nitrogen and oxygen atoms in total. The van der Waals surface area contributed by atoms with Crippen molar-refractivity contribution in [3.05, 3.63) is 53.8 Å². The summed E-state index contributed by atoms with van der Waals surface area (Å²) in [5.74, 6) is -0.0632. The van der Waals surface area contributed by atoms with Gasteiger partial charge in [-0.25, -0.2) is 13.6 Å². The molecule has 0 aromatic heterocycles. The van der Waals surface area contributed by atoms with Gasteiger partial charge in [0.2, 0.25) is 0 Å². The average molecular weight is 557 g/mol. The average Bonchev–Trinajstić information content (AvgIpc) is 2.97. The molecule has 3 rings (SSSR count). The quantitative estimate of drug-likeness (QED) is 0.135. The van der Waals surface area contributed by atoms with Gasteiger partial charge in [-0.3, -0.25) is 0 Å². The highest BCUT2D eigenvalue weighted by Crippen LogP contribution is 2.31. The van der Waals surface area contributed by atoms with Crippen LogP contribution in [0.1, 0.15) is 116 Å². The van der Waals surface area contributed by atoms with Crippen molar-refractivity contribution in [2.75, 3.05) is 6.61 Å². The summed E-state index contributed by atoms with van der Waals surface area (Å²) in [6.07, 6.45) is 14.4. The molecule has 1 fully saturated rings. The lowest BCUT2D eigenvalue weighted by atomic mass is 9.83. The Morgan fingerprint density at radius 1 is 0.850 bits per heavy atom. The highest BCUT2D eigenvalue weighted by molar-refractivity contribution is 5.74. The highest BCUT2D eigenvalue weighted by atomic mass is 19.1. The monoisotopic (exact) mass is 556 g/mol. The molecule has 0 amide bonds. The summed E-state index contributed by atoms with van der Waals surface area (Å²) in [5.41, 5.74) is 3.11. The molecule has 0 N–H and O–H groups in total. The second-order valence-electron chi connectivity index (χ2n) is 11.5. The van der Waals surface area contributed by atoms with Crippen LogP contribution in [0.15, 0.2) is 42.5 Å². The van der Waals surface area contributed by atoms with Crippen molar-refractivity contribution in [1.82, 2.24) is 0 Å². The van der Waals surface area contributed by atoms with Gasteiger partial charge in [-0.2, -0.15) is 0 Å². The van der Waals surface area contributed by atoms with E-state index in [4.69, 9.17) is 9.47 Å². The zero-order valence-corrected chi connectivity index (χ0v) is 24.8. The Kier molecular flexibility index (Phi) is 14.5. The minimum atomic E-state index is -1.48. The van der Waals surface area contributed by atoms with Crippen molar-refractivity contribution in [2.24, 2.45) is 5.92 Å². The number of aryl methyl sites for hydroxylation is 1. The number of hydrogen-bond donors (Lipinski definition) is 0. The van der Waals surface area contributed by atoms with E-state index >= 15 is 0 Å². The summed E-state index contributed by atoms with van der Waals surface area (Å²) in [7, 11) is 0. The van der Waals surface area contributed by atoms with Gasteiger partial charge in [-0.1, -0.05) is 95.5 Å². The molecule has 1 aliphatic rings. The second kappa shape index (κ2) is 18.1. The number of halogens is 2. The van der Waals surface area contributed by atoms with Gasteiger partial charge < -0.3 is 9.47 Å². The molecule has 1 saturated carbocycles. The summed E-state index contributed by atoms with van der Waals surface area (Å²) in [6, 6.07) is 13.6. The topological polar surface area (TPSA) is 35.5 Å². The zero-order chi connectivity index (χ0) is 28.6. The lowest BCUT2D eigenvalue weighted by Crippen LogP contribution is -2.29. The first kappa shape index (κ1) is 32.1. The fourth-order valence-electron chi connectivity index (χ4n) is 5.55. The van der Waals surface area contributed by atoms with E-state index in [1.807, 2.05) is 13.0 Å². The Bertz CT molecular complexity index is 983. The predicted molar refractivity (Wildman–Crippen MR) is 160 cm³/mol. The third-order valence-corrected chi connectivity index (χ3v) is 8.21. The number of ether oxygens (including phenoxy) is 2. The number of alkyl halides is 1. The maximum atomic E-state index is 14.7. The van der Waals surface area contributed by atoms with Crippen LogP contribution >= 0.6 is 0 Å². The first-order valence-electron chi connectivity index (χ1n) is 15.9. The number of unbranched alkanes of at least 4 members (excludes halogenated alkanes) is 7. The Morgan fingerprint density at radius 2 is 1.50 bits per heavy atom. The van der Waals surface area contributed by atoms with Gasteiger partial charge in [0.25, 0.3) is 0 Å². The molecule has 0 spiro atoms. The number of benzene rings is 2. The predicted octanol–water partition coefficient (Wildman–Crippen LogP) is 10.2. The molecule has 5 heteroatoms. The maximum Gasteiger partial charge on any atom is 0.340 e. The van der Waals surface area contributed by atoms with Gasteiger partial charge >= 0.3 is 5.97 Å².